The van der Waals surface area contributed by atoms with Gasteiger partial charge in [0.25, 0.3) is 5.91 Å². The van der Waals surface area contributed by atoms with Crippen molar-refractivity contribution in [3.63, 3.8) is 0 Å². The lowest BCUT2D eigenvalue weighted by Gasteiger charge is -2.37. The summed E-state index contributed by atoms with van der Waals surface area (Å²) in [5.74, 6) is 1.76. The van der Waals surface area contributed by atoms with Gasteiger partial charge in [-0.2, -0.15) is 4.98 Å². The van der Waals surface area contributed by atoms with Crippen LogP contribution in [0.3, 0.4) is 0 Å². The van der Waals surface area contributed by atoms with Gasteiger partial charge in [-0.3, -0.25) is 9.78 Å². The summed E-state index contributed by atoms with van der Waals surface area (Å²) in [5, 5.41) is 4.62. The Morgan fingerprint density at radius 3 is 2.84 bits per heavy atom. The van der Waals surface area contributed by atoms with Crippen LogP contribution in [0.25, 0.3) is 11.5 Å². The molecule has 9 heteroatoms. The first kappa shape index (κ1) is 21.2. The highest BCUT2D eigenvalue weighted by molar-refractivity contribution is 6.30. The lowest BCUT2D eigenvalue weighted by atomic mass is 9.93. The maximum atomic E-state index is 13.2. The number of aromatic nitrogens is 4. The lowest BCUT2D eigenvalue weighted by molar-refractivity contribution is -0.147. The highest BCUT2D eigenvalue weighted by Gasteiger charge is 2.36. The van der Waals surface area contributed by atoms with Gasteiger partial charge in [-0.25, -0.2) is 4.98 Å². The molecule has 31 heavy (non-hydrogen) atoms. The molecule has 1 saturated heterocycles. The molecular weight excluding hydrogens is 418 g/mol. The molecule has 0 bridgehead atoms. The Morgan fingerprint density at radius 1 is 1.29 bits per heavy atom. The van der Waals surface area contributed by atoms with E-state index in [9.17, 15) is 4.79 Å². The van der Waals surface area contributed by atoms with Gasteiger partial charge in [-0.1, -0.05) is 16.8 Å². The molecular formula is C22H24ClN5O3. The Bertz CT molecular complexity index is 1020. The van der Waals surface area contributed by atoms with E-state index in [2.05, 4.69) is 20.1 Å². The van der Waals surface area contributed by atoms with Crippen LogP contribution in [0.15, 0.2) is 47.4 Å². The third-order valence-corrected chi connectivity index (χ3v) is 5.48. The molecule has 1 amide bonds. The number of piperidine rings is 1. The van der Waals surface area contributed by atoms with Crippen LogP contribution in [0.2, 0.25) is 5.02 Å². The van der Waals surface area contributed by atoms with E-state index in [0.717, 1.165) is 12.8 Å². The van der Waals surface area contributed by atoms with E-state index in [1.54, 1.807) is 56.7 Å². The number of benzene rings is 1. The fourth-order valence-corrected chi connectivity index (χ4v) is 3.87. The number of amides is 1. The van der Waals surface area contributed by atoms with Gasteiger partial charge in [0, 0.05) is 36.9 Å². The normalized spacial score (nSPS) is 16.9. The summed E-state index contributed by atoms with van der Waals surface area (Å²) < 4.78 is 11.4. The van der Waals surface area contributed by atoms with Crippen LogP contribution in [-0.2, 0) is 11.2 Å². The fraction of sp³-hybridized carbons (Fsp3) is 0.409. The van der Waals surface area contributed by atoms with E-state index in [0.29, 0.717) is 47.7 Å². The molecule has 0 unspecified atom stereocenters. The third-order valence-electron chi connectivity index (χ3n) is 5.23. The van der Waals surface area contributed by atoms with E-state index in [1.807, 2.05) is 4.90 Å². The van der Waals surface area contributed by atoms with Crippen LogP contribution in [0, 0.1) is 5.92 Å². The molecule has 0 spiro atoms. The minimum atomic E-state index is -0.987. The molecule has 8 nitrogen and oxygen atoms in total. The van der Waals surface area contributed by atoms with E-state index in [1.165, 1.54) is 0 Å². The van der Waals surface area contributed by atoms with Crippen molar-refractivity contribution in [2.45, 2.75) is 38.7 Å². The van der Waals surface area contributed by atoms with Crippen molar-refractivity contribution < 1.29 is 14.1 Å². The van der Waals surface area contributed by atoms with Gasteiger partial charge in [0.2, 0.25) is 11.7 Å². The van der Waals surface area contributed by atoms with Crippen molar-refractivity contribution in [1.29, 1.82) is 0 Å². The summed E-state index contributed by atoms with van der Waals surface area (Å²) >= 11 is 5.93. The standard InChI is InChI=1S/C22H24ClN5O3/c1-22(2,30-17-7-5-16(23)6-8-17)21(29)28-11-3-4-15(14-28)12-19-26-20(27-31-19)18-13-24-9-10-25-18/h5-10,13,15H,3-4,11-12,14H2,1-2H3/t15-/m1/s1. The number of carbonyl (C=O) groups is 1. The minimum Gasteiger partial charge on any atom is -0.478 e. The summed E-state index contributed by atoms with van der Waals surface area (Å²) in [5.41, 5.74) is -0.418. The van der Waals surface area contributed by atoms with Crippen LogP contribution >= 0.6 is 11.6 Å². The summed E-state index contributed by atoms with van der Waals surface area (Å²) in [6.45, 7) is 4.91. The van der Waals surface area contributed by atoms with Gasteiger partial charge in [-0.05, 0) is 56.9 Å². The van der Waals surface area contributed by atoms with Crippen molar-refractivity contribution >= 4 is 17.5 Å². The molecule has 0 saturated carbocycles. The lowest BCUT2D eigenvalue weighted by Crippen LogP contribution is -2.52. The molecule has 3 aromatic rings. The van der Waals surface area contributed by atoms with Crippen LogP contribution < -0.4 is 4.74 Å². The zero-order valence-corrected chi connectivity index (χ0v) is 18.2. The summed E-state index contributed by atoms with van der Waals surface area (Å²) in [4.78, 5) is 27.7. The average molecular weight is 442 g/mol. The number of ether oxygens (including phenoxy) is 1. The second-order valence-electron chi connectivity index (χ2n) is 8.13. The zero-order valence-electron chi connectivity index (χ0n) is 17.5. The number of halogens is 1. The minimum absolute atomic E-state index is 0.0436. The van der Waals surface area contributed by atoms with Gasteiger partial charge >= 0.3 is 0 Å². The van der Waals surface area contributed by atoms with Crippen molar-refractivity contribution in [2.75, 3.05) is 13.1 Å². The predicted molar refractivity (Wildman–Crippen MR) is 114 cm³/mol. The van der Waals surface area contributed by atoms with E-state index in [4.69, 9.17) is 20.9 Å². The maximum absolute atomic E-state index is 13.2. The van der Waals surface area contributed by atoms with Crippen LogP contribution in [0.5, 0.6) is 5.75 Å². The molecule has 1 aliphatic rings. The highest BCUT2D eigenvalue weighted by atomic mass is 35.5. The summed E-state index contributed by atoms with van der Waals surface area (Å²) in [7, 11) is 0. The van der Waals surface area contributed by atoms with Crippen LogP contribution in [0.1, 0.15) is 32.6 Å². The average Bonchev–Trinajstić information content (AvgIpc) is 3.24. The topological polar surface area (TPSA) is 94.2 Å². The molecule has 1 aromatic carbocycles. The molecule has 0 radical (unpaired) electrons. The monoisotopic (exact) mass is 441 g/mol. The van der Waals surface area contributed by atoms with Crippen molar-refractivity contribution in [3.05, 3.63) is 53.8 Å². The molecule has 4 rings (SSSR count). The maximum Gasteiger partial charge on any atom is 0.266 e. The number of rotatable bonds is 6. The molecule has 0 N–H and O–H groups in total. The van der Waals surface area contributed by atoms with E-state index >= 15 is 0 Å². The van der Waals surface area contributed by atoms with Gasteiger partial charge in [-0.15, -0.1) is 0 Å². The number of hydrogen-bond donors (Lipinski definition) is 0. The number of likely N-dealkylation sites (tertiary alicyclic amines) is 1. The number of hydrogen-bond acceptors (Lipinski definition) is 7. The van der Waals surface area contributed by atoms with Gasteiger partial charge < -0.3 is 14.2 Å². The molecule has 1 fully saturated rings. The van der Waals surface area contributed by atoms with E-state index < -0.39 is 5.60 Å². The molecule has 3 heterocycles. The largest absolute Gasteiger partial charge is 0.478 e. The van der Waals surface area contributed by atoms with Crippen LogP contribution in [-0.4, -0.2) is 49.6 Å². The van der Waals surface area contributed by atoms with Crippen molar-refractivity contribution in [2.24, 2.45) is 5.92 Å². The summed E-state index contributed by atoms with van der Waals surface area (Å²) in [6, 6.07) is 7.02. The first-order valence-corrected chi connectivity index (χ1v) is 10.6. The molecule has 1 aliphatic heterocycles. The second kappa shape index (κ2) is 9.01. The first-order chi connectivity index (χ1) is 14.9. The Kier molecular flexibility index (Phi) is 6.18. The summed E-state index contributed by atoms with van der Waals surface area (Å²) in [6.07, 6.45) is 7.29. The molecule has 2 aromatic heterocycles. The predicted octanol–water partition coefficient (Wildman–Crippen LogP) is 3.82. The van der Waals surface area contributed by atoms with Crippen molar-refractivity contribution in [1.82, 2.24) is 25.0 Å². The quantitative estimate of drug-likeness (QED) is 0.573. The van der Waals surface area contributed by atoms with Crippen molar-refractivity contribution in [3.8, 4) is 17.3 Å². The number of nitrogens with zero attached hydrogens (tertiary/aromatic N) is 5. The zero-order chi connectivity index (χ0) is 21.8. The Morgan fingerprint density at radius 2 is 2.10 bits per heavy atom. The fourth-order valence-electron chi connectivity index (χ4n) is 3.74. The van der Waals surface area contributed by atoms with Crippen LogP contribution in [0.4, 0.5) is 0 Å². The smallest absolute Gasteiger partial charge is 0.266 e. The molecule has 1 atom stereocenters. The first-order valence-electron chi connectivity index (χ1n) is 10.2. The SMILES string of the molecule is CC(C)(Oc1ccc(Cl)cc1)C(=O)N1CCC[C@H](Cc2nc(-c3cnccn3)no2)C1. The van der Waals surface area contributed by atoms with Gasteiger partial charge in [0.15, 0.2) is 5.60 Å². The number of carbonyl (C=O) groups excluding carboxylic acids is 1. The Balaban J connectivity index is 1.38. The highest BCUT2D eigenvalue weighted by Crippen LogP contribution is 2.26. The Labute approximate surface area is 185 Å². The van der Waals surface area contributed by atoms with E-state index in [-0.39, 0.29) is 11.8 Å². The van der Waals surface area contributed by atoms with Gasteiger partial charge in [0.05, 0.1) is 6.20 Å². The Hall–Kier alpha value is -3.00. The van der Waals surface area contributed by atoms with Gasteiger partial charge in [0.1, 0.15) is 11.4 Å². The second-order valence-corrected chi connectivity index (χ2v) is 8.57. The third kappa shape index (κ3) is 5.19. The molecule has 0 aliphatic carbocycles. The molecule has 162 valence electrons.